The first-order valence-electron chi connectivity index (χ1n) is 8.07. The van der Waals surface area contributed by atoms with E-state index in [9.17, 15) is 15.2 Å². The zero-order chi connectivity index (χ0) is 19.6. The summed E-state index contributed by atoms with van der Waals surface area (Å²) in [5.41, 5.74) is 1.56. The Morgan fingerprint density at radius 1 is 1.19 bits per heavy atom. The van der Waals surface area contributed by atoms with Gasteiger partial charge in [0.05, 0.1) is 36.7 Å². The topological polar surface area (TPSA) is 94.7 Å². The third-order valence-electron chi connectivity index (χ3n) is 4.21. The smallest absolute Gasteiger partial charge is 0.315 e. The molecule has 27 heavy (non-hydrogen) atoms. The van der Waals surface area contributed by atoms with Gasteiger partial charge in [0, 0.05) is 17.1 Å². The number of halogens is 1. The van der Waals surface area contributed by atoms with Crippen LogP contribution in [0.2, 0.25) is 5.02 Å². The van der Waals surface area contributed by atoms with Crippen molar-refractivity contribution in [2.24, 2.45) is 0 Å². The zero-order valence-electron chi connectivity index (χ0n) is 14.7. The molecule has 1 atom stereocenters. The normalized spacial score (nSPS) is 12.0. The van der Waals surface area contributed by atoms with Crippen LogP contribution in [0.1, 0.15) is 17.4 Å². The first kappa shape index (κ1) is 18.9. The van der Waals surface area contributed by atoms with Crippen molar-refractivity contribution in [2.75, 3.05) is 14.2 Å². The summed E-state index contributed by atoms with van der Waals surface area (Å²) in [6, 6.07) is 11.6. The number of fused-ring (bicyclic) bond motifs is 1. The van der Waals surface area contributed by atoms with Gasteiger partial charge in [0.1, 0.15) is 5.52 Å². The van der Waals surface area contributed by atoms with Gasteiger partial charge in [-0.05, 0) is 29.8 Å². The van der Waals surface area contributed by atoms with Gasteiger partial charge in [0.15, 0.2) is 5.75 Å². The van der Waals surface area contributed by atoms with Crippen molar-refractivity contribution in [1.82, 2.24) is 4.98 Å². The fourth-order valence-corrected chi connectivity index (χ4v) is 3.01. The lowest BCUT2D eigenvalue weighted by Gasteiger charge is -2.13. The molecule has 0 aliphatic carbocycles. The summed E-state index contributed by atoms with van der Waals surface area (Å²) >= 11 is 5.87. The minimum absolute atomic E-state index is 0.119. The van der Waals surface area contributed by atoms with E-state index in [2.05, 4.69) is 4.98 Å². The number of hydrogen-bond acceptors (Lipinski definition) is 6. The summed E-state index contributed by atoms with van der Waals surface area (Å²) in [6.45, 7) is 0. The minimum atomic E-state index is -0.766. The van der Waals surface area contributed by atoms with Crippen molar-refractivity contribution in [1.29, 1.82) is 0 Å². The summed E-state index contributed by atoms with van der Waals surface area (Å²) in [7, 11) is 2.79. The van der Waals surface area contributed by atoms with E-state index in [4.69, 9.17) is 21.1 Å². The lowest BCUT2D eigenvalue weighted by Crippen LogP contribution is -2.04. The SMILES string of the molecule is COc1c([N+](=O)[O-])cc(OC)c2nc(CC(O)c3ccc(Cl)cc3)ccc12. The fraction of sp³-hybridized carbons (Fsp3) is 0.211. The largest absolute Gasteiger partial charge is 0.494 e. The number of rotatable bonds is 6. The van der Waals surface area contributed by atoms with Gasteiger partial charge in [-0.25, -0.2) is 4.98 Å². The minimum Gasteiger partial charge on any atom is -0.494 e. The van der Waals surface area contributed by atoms with Crippen molar-refractivity contribution < 1.29 is 19.5 Å². The van der Waals surface area contributed by atoms with E-state index in [1.54, 1.807) is 36.4 Å². The standard InChI is InChI=1S/C19H17ClN2O5/c1-26-17-10-15(22(24)25)19(27-2)14-8-7-13(21-18(14)17)9-16(23)11-3-5-12(20)6-4-11/h3-8,10,16,23H,9H2,1-2H3. The third-order valence-corrected chi connectivity index (χ3v) is 4.46. The highest BCUT2D eigenvalue weighted by molar-refractivity contribution is 6.30. The molecule has 3 rings (SSSR count). The van der Waals surface area contributed by atoms with Crippen LogP contribution in [0.15, 0.2) is 42.5 Å². The maximum atomic E-state index is 11.3. The van der Waals surface area contributed by atoms with Gasteiger partial charge in [-0.1, -0.05) is 23.7 Å². The molecule has 0 fully saturated rings. The van der Waals surface area contributed by atoms with E-state index in [0.29, 0.717) is 21.6 Å². The lowest BCUT2D eigenvalue weighted by atomic mass is 10.0. The second-order valence-corrected chi connectivity index (χ2v) is 6.29. The number of hydrogen-bond donors (Lipinski definition) is 1. The molecule has 0 saturated carbocycles. The van der Waals surface area contributed by atoms with E-state index in [-0.39, 0.29) is 23.6 Å². The summed E-state index contributed by atoms with van der Waals surface area (Å²) < 4.78 is 10.5. The maximum Gasteiger partial charge on any atom is 0.315 e. The Morgan fingerprint density at radius 3 is 2.48 bits per heavy atom. The molecule has 0 amide bonds. The third kappa shape index (κ3) is 3.79. The number of aliphatic hydroxyl groups excluding tert-OH is 1. The van der Waals surface area contributed by atoms with E-state index in [1.807, 2.05) is 0 Å². The molecule has 1 unspecified atom stereocenters. The monoisotopic (exact) mass is 388 g/mol. The number of ether oxygens (including phenoxy) is 2. The van der Waals surface area contributed by atoms with E-state index in [0.717, 1.165) is 5.56 Å². The van der Waals surface area contributed by atoms with Crippen molar-refractivity contribution in [2.45, 2.75) is 12.5 Å². The number of aliphatic hydroxyl groups is 1. The highest BCUT2D eigenvalue weighted by atomic mass is 35.5. The number of nitro groups is 1. The summed E-state index contributed by atoms with van der Waals surface area (Å²) in [4.78, 5) is 15.3. The molecule has 140 valence electrons. The Hall–Kier alpha value is -2.90. The van der Waals surface area contributed by atoms with Gasteiger partial charge in [0.2, 0.25) is 5.75 Å². The van der Waals surface area contributed by atoms with E-state index in [1.165, 1.54) is 20.3 Å². The van der Waals surface area contributed by atoms with Gasteiger partial charge in [-0.15, -0.1) is 0 Å². The summed E-state index contributed by atoms with van der Waals surface area (Å²) in [6.07, 6.45) is -0.502. The maximum absolute atomic E-state index is 11.3. The molecule has 0 aliphatic rings. The molecule has 0 bridgehead atoms. The highest BCUT2D eigenvalue weighted by Gasteiger charge is 2.23. The molecule has 1 aromatic heterocycles. The molecule has 0 spiro atoms. The van der Waals surface area contributed by atoms with Crippen LogP contribution in [0, 0.1) is 10.1 Å². The molecule has 0 aliphatic heterocycles. The second-order valence-electron chi connectivity index (χ2n) is 5.86. The van der Waals surface area contributed by atoms with Crippen LogP contribution in [-0.4, -0.2) is 29.2 Å². The highest BCUT2D eigenvalue weighted by Crippen LogP contribution is 2.40. The molecular formula is C19H17ClN2O5. The number of nitrogens with zero attached hydrogens (tertiary/aromatic N) is 2. The Bertz CT molecular complexity index is 992. The molecule has 1 heterocycles. The lowest BCUT2D eigenvalue weighted by molar-refractivity contribution is -0.385. The number of nitro benzene ring substituents is 1. The number of benzene rings is 2. The molecule has 7 nitrogen and oxygen atoms in total. The average molecular weight is 389 g/mol. The molecule has 8 heteroatoms. The van der Waals surface area contributed by atoms with Gasteiger partial charge in [0.25, 0.3) is 0 Å². The van der Waals surface area contributed by atoms with Crippen molar-refractivity contribution in [3.8, 4) is 11.5 Å². The predicted molar refractivity (Wildman–Crippen MR) is 102 cm³/mol. The van der Waals surface area contributed by atoms with Crippen LogP contribution >= 0.6 is 11.6 Å². The van der Waals surface area contributed by atoms with E-state index < -0.39 is 11.0 Å². The van der Waals surface area contributed by atoms with Gasteiger partial charge in [-0.3, -0.25) is 10.1 Å². The van der Waals surface area contributed by atoms with Gasteiger partial charge < -0.3 is 14.6 Å². The van der Waals surface area contributed by atoms with E-state index >= 15 is 0 Å². The predicted octanol–water partition coefficient (Wildman–Crippen LogP) is 4.09. The Morgan fingerprint density at radius 2 is 1.89 bits per heavy atom. The second kappa shape index (κ2) is 7.77. The van der Waals surface area contributed by atoms with Crippen LogP contribution in [-0.2, 0) is 6.42 Å². The average Bonchev–Trinajstić information content (AvgIpc) is 2.66. The first-order valence-corrected chi connectivity index (χ1v) is 8.45. The summed E-state index contributed by atoms with van der Waals surface area (Å²) in [5, 5.41) is 22.8. The van der Waals surface area contributed by atoms with Gasteiger partial charge in [-0.2, -0.15) is 0 Å². The van der Waals surface area contributed by atoms with Gasteiger partial charge >= 0.3 is 5.69 Å². The molecule has 3 aromatic rings. The Labute approximate surface area is 160 Å². The van der Waals surface area contributed by atoms with Crippen LogP contribution in [0.25, 0.3) is 10.9 Å². The number of pyridine rings is 1. The van der Waals surface area contributed by atoms with Crippen LogP contribution < -0.4 is 9.47 Å². The molecule has 0 saturated heterocycles. The summed E-state index contributed by atoms with van der Waals surface area (Å²) in [5.74, 6) is 0.383. The fourth-order valence-electron chi connectivity index (χ4n) is 2.89. The Kier molecular flexibility index (Phi) is 5.43. The number of methoxy groups -OCH3 is 2. The Balaban J connectivity index is 2.02. The quantitative estimate of drug-likeness (QED) is 0.504. The number of aromatic nitrogens is 1. The van der Waals surface area contributed by atoms with Crippen molar-refractivity contribution in [3.63, 3.8) is 0 Å². The zero-order valence-corrected chi connectivity index (χ0v) is 15.4. The van der Waals surface area contributed by atoms with Crippen molar-refractivity contribution in [3.05, 3.63) is 68.9 Å². The molecular weight excluding hydrogens is 372 g/mol. The van der Waals surface area contributed by atoms with Crippen molar-refractivity contribution >= 4 is 28.2 Å². The van der Waals surface area contributed by atoms with Crippen LogP contribution in [0.5, 0.6) is 11.5 Å². The first-order chi connectivity index (χ1) is 12.9. The van der Waals surface area contributed by atoms with Crippen LogP contribution in [0.3, 0.4) is 0 Å². The molecule has 2 aromatic carbocycles. The molecule has 0 radical (unpaired) electrons. The molecule has 1 N–H and O–H groups in total. The van der Waals surface area contributed by atoms with Crippen LogP contribution in [0.4, 0.5) is 5.69 Å².